The van der Waals surface area contributed by atoms with E-state index in [1.807, 2.05) is 0 Å². The van der Waals surface area contributed by atoms with Gasteiger partial charge in [0.25, 0.3) is 0 Å². The van der Waals surface area contributed by atoms with Crippen molar-refractivity contribution in [3.63, 3.8) is 0 Å². The molecule has 2 heteroatoms. The summed E-state index contributed by atoms with van der Waals surface area (Å²) < 4.78 is 2.94. The van der Waals surface area contributed by atoms with Gasteiger partial charge in [0.2, 0.25) is 0 Å². The van der Waals surface area contributed by atoms with Crippen molar-refractivity contribution in [2.45, 2.75) is 23.3 Å². The van der Waals surface area contributed by atoms with Crippen LogP contribution < -0.4 is 0 Å². The Morgan fingerprint density at radius 2 is 1.50 bits per heavy atom. The fourth-order valence-electron chi connectivity index (χ4n) is 0.250. The second kappa shape index (κ2) is 9.38. The van der Waals surface area contributed by atoms with Crippen molar-refractivity contribution in [1.82, 2.24) is 0 Å². The van der Waals surface area contributed by atoms with Gasteiger partial charge in [0.1, 0.15) is 0 Å². The van der Waals surface area contributed by atoms with Gasteiger partial charge in [0.15, 0.2) is 0 Å². The predicted molar refractivity (Wildman–Crippen MR) is 28.2 cm³/mol. The molecule has 0 aromatic carbocycles. The van der Waals surface area contributed by atoms with E-state index >= 15 is 0 Å². The Labute approximate surface area is 55.0 Å². The molecular formula is C4H11ClTi. The Balaban J connectivity index is 0. The van der Waals surface area contributed by atoms with Crippen LogP contribution in [0.25, 0.3) is 0 Å². The van der Waals surface area contributed by atoms with Gasteiger partial charge in [0, 0.05) is 0 Å². The molecule has 0 aromatic rings. The van der Waals surface area contributed by atoms with Crippen LogP contribution in [0.2, 0.25) is 9.45 Å². The number of hydrogen-bond acceptors (Lipinski definition) is 0. The molecule has 0 bridgehead atoms. The maximum absolute atomic E-state index is 2.27. The molecule has 0 radical (unpaired) electrons. The summed E-state index contributed by atoms with van der Waals surface area (Å²) in [7, 11) is 0. The predicted octanol–water partition coefficient (Wildman–Crippen LogP) is 2.37. The summed E-state index contributed by atoms with van der Waals surface area (Å²) in [4.78, 5) is 0. The molecule has 0 atom stereocenters. The molecule has 6 heavy (non-hydrogen) atoms. The van der Waals surface area contributed by atoms with Gasteiger partial charge in [-0.05, 0) is 0 Å². The van der Waals surface area contributed by atoms with E-state index in [1.54, 1.807) is 0 Å². The van der Waals surface area contributed by atoms with Crippen molar-refractivity contribution in [1.29, 1.82) is 0 Å². The van der Waals surface area contributed by atoms with Crippen LogP contribution in [0.1, 0.15) is 13.8 Å². The minimum Gasteiger partial charge on any atom is -0.147 e. The number of rotatable bonds is 2. The third-order valence-corrected chi connectivity index (χ3v) is 2.06. The Bertz CT molecular complexity index is 15.0. The molecule has 0 aliphatic heterocycles. The summed E-state index contributed by atoms with van der Waals surface area (Å²) in [6, 6.07) is 0. The zero-order chi connectivity index (χ0) is 4.12. The van der Waals surface area contributed by atoms with Crippen molar-refractivity contribution < 1.29 is 19.2 Å². The molecule has 0 saturated heterocycles. The minimum absolute atomic E-state index is 0. The summed E-state index contributed by atoms with van der Waals surface area (Å²) >= 11 is 0.528. The van der Waals surface area contributed by atoms with Gasteiger partial charge in [-0.25, -0.2) is 0 Å². The zero-order valence-electron chi connectivity index (χ0n) is 4.32. The molecule has 0 heterocycles. The number of halogens is 1. The fourth-order valence-corrected chi connectivity index (χ4v) is 1.03. The average molecular weight is 142 g/mol. The molecule has 0 aromatic heterocycles. The molecule has 0 spiro atoms. The first kappa shape index (κ1) is 10.1. The summed E-state index contributed by atoms with van der Waals surface area (Å²) in [5.74, 6) is 0. The molecule has 0 rings (SSSR count). The van der Waals surface area contributed by atoms with E-state index in [4.69, 9.17) is 0 Å². The summed E-state index contributed by atoms with van der Waals surface area (Å²) in [5, 5.41) is 0. The van der Waals surface area contributed by atoms with Gasteiger partial charge in [-0.15, -0.1) is 12.4 Å². The molecule has 0 saturated carbocycles. The van der Waals surface area contributed by atoms with Gasteiger partial charge in [-0.3, -0.25) is 0 Å². The van der Waals surface area contributed by atoms with E-state index in [9.17, 15) is 0 Å². The van der Waals surface area contributed by atoms with Crippen LogP contribution in [0.5, 0.6) is 0 Å². The molecule has 0 fully saturated rings. The molecule has 38 valence electrons. The van der Waals surface area contributed by atoms with Crippen molar-refractivity contribution in [2.75, 3.05) is 0 Å². The molecule has 0 N–H and O–H groups in total. The fraction of sp³-hybridized carbons (Fsp3) is 1.00. The molecule has 0 aliphatic rings. The molecule has 0 nitrogen and oxygen atoms in total. The average Bonchev–Trinajstić information content (AvgIpc) is 1.41. The second-order valence-electron chi connectivity index (χ2n) is 0.957. The largest absolute Gasteiger partial charge is 0.147 e. The van der Waals surface area contributed by atoms with E-state index in [0.29, 0.717) is 19.2 Å². The van der Waals surface area contributed by atoms with Crippen LogP contribution >= 0.6 is 12.4 Å². The van der Waals surface area contributed by atoms with Gasteiger partial charge < -0.3 is 0 Å². The van der Waals surface area contributed by atoms with Crippen LogP contribution in [0.15, 0.2) is 0 Å². The first-order valence-corrected chi connectivity index (χ1v) is 4.33. The molecular weight excluding hydrogens is 131 g/mol. The summed E-state index contributed by atoms with van der Waals surface area (Å²) in [5.41, 5.74) is 0. The Hall–Kier alpha value is 1.00. The van der Waals surface area contributed by atoms with Gasteiger partial charge in [0.05, 0.1) is 0 Å². The smallest absolute Gasteiger partial charge is 0.147 e. The SMILES string of the molecule is C[CH2][Ti][CH2]C.Cl. The van der Waals surface area contributed by atoms with Gasteiger partial charge in [-0.1, -0.05) is 0 Å². The van der Waals surface area contributed by atoms with Gasteiger partial charge in [-0.2, -0.15) is 0 Å². The normalized spacial score (nSPS) is 6.33. The van der Waals surface area contributed by atoms with Crippen LogP contribution in [-0.4, -0.2) is 0 Å². The Kier molecular flexibility index (Phi) is 15.8. The molecule has 0 aliphatic carbocycles. The zero-order valence-corrected chi connectivity index (χ0v) is 6.70. The maximum atomic E-state index is 2.27. The molecule has 0 amide bonds. The Morgan fingerprint density at radius 3 is 1.50 bits per heavy atom. The van der Waals surface area contributed by atoms with Crippen molar-refractivity contribution >= 4 is 12.4 Å². The quantitative estimate of drug-likeness (QED) is 0.519. The van der Waals surface area contributed by atoms with E-state index < -0.39 is 0 Å². The van der Waals surface area contributed by atoms with E-state index in [1.165, 1.54) is 9.45 Å². The second-order valence-corrected chi connectivity index (χ2v) is 3.95. The van der Waals surface area contributed by atoms with Crippen LogP contribution in [0, 0.1) is 0 Å². The van der Waals surface area contributed by atoms with Crippen molar-refractivity contribution in [3.05, 3.63) is 0 Å². The Morgan fingerprint density at radius 1 is 1.17 bits per heavy atom. The van der Waals surface area contributed by atoms with Crippen LogP contribution in [0.4, 0.5) is 0 Å². The summed E-state index contributed by atoms with van der Waals surface area (Å²) in [6.45, 7) is 4.53. The topological polar surface area (TPSA) is 0 Å². The monoisotopic (exact) mass is 142 g/mol. The van der Waals surface area contributed by atoms with Crippen LogP contribution in [0.3, 0.4) is 0 Å². The van der Waals surface area contributed by atoms with Crippen molar-refractivity contribution in [3.8, 4) is 0 Å². The third-order valence-electron chi connectivity index (χ3n) is 0.500. The summed E-state index contributed by atoms with van der Waals surface area (Å²) in [6.07, 6.45) is 0. The third kappa shape index (κ3) is 8.89. The van der Waals surface area contributed by atoms with Gasteiger partial charge >= 0.3 is 42.5 Å². The number of hydrogen-bond donors (Lipinski definition) is 0. The van der Waals surface area contributed by atoms with Crippen molar-refractivity contribution in [2.24, 2.45) is 0 Å². The first-order chi connectivity index (χ1) is 2.41. The van der Waals surface area contributed by atoms with E-state index in [0.717, 1.165) is 0 Å². The minimum atomic E-state index is 0. The molecule has 0 unspecified atom stereocenters. The van der Waals surface area contributed by atoms with E-state index in [2.05, 4.69) is 13.8 Å². The van der Waals surface area contributed by atoms with E-state index in [-0.39, 0.29) is 12.4 Å². The maximum Gasteiger partial charge on any atom is -0.147 e. The standard InChI is InChI=1S/2C2H5.ClH.Ti/c2*1-2;;/h2*1H2,2H3;1H;. The van der Waals surface area contributed by atoms with Crippen LogP contribution in [-0.2, 0) is 19.2 Å². The first-order valence-electron chi connectivity index (χ1n) is 2.12.